The first-order chi connectivity index (χ1) is 7.66. The average Bonchev–Trinajstić information content (AvgIpc) is 2.29. The molecule has 86 valence electrons. The van der Waals surface area contributed by atoms with Crippen LogP contribution in [0.4, 0.5) is 5.82 Å². The van der Waals surface area contributed by atoms with E-state index in [1.807, 2.05) is 12.1 Å². The van der Waals surface area contributed by atoms with Crippen LogP contribution in [0.5, 0.6) is 0 Å². The van der Waals surface area contributed by atoms with Gasteiger partial charge in [-0.15, -0.1) is 0 Å². The molecule has 1 aliphatic rings. The fourth-order valence-electron chi connectivity index (χ4n) is 1.81. The van der Waals surface area contributed by atoms with Crippen LogP contribution in [-0.2, 0) is 4.74 Å². The second-order valence-electron chi connectivity index (χ2n) is 4.09. The van der Waals surface area contributed by atoms with Crippen molar-refractivity contribution in [1.82, 2.24) is 4.98 Å². The minimum Gasteiger partial charge on any atom is -0.375 e. The minimum atomic E-state index is 0.0504. The van der Waals surface area contributed by atoms with Crippen molar-refractivity contribution < 1.29 is 9.53 Å². The first-order valence-corrected chi connectivity index (χ1v) is 5.50. The van der Waals surface area contributed by atoms with Gasteiger partial charge in [-0.05, 0) is 26.0 Å². The Balaban J connectivity index is 2.11. The molecule has 1 aliphatic heterocycles. The molecule has 0 spiro atoms. The van der Waals surface area contributed by atoms with Gasteiger partial charge in [-0.1, -0.05) is 0 Å². The van der Waals surface area contributed by atoms with E-state index in [9.17, 15) is 4.79 Å². The minimum absolute atomic E-state index is 0.0504. The van der Waals surface area contributed by atoms with Gasteiger partial charge in [-0.2, -0.15) is 0 Å². The molecule has 2 heterocycles. The van der Waals surface area contributed by atoms with E-state index in [1.165, 1.54) is 0 Å². The Bertz CT molecular complexity index is 375. The molecule has 2 rings (SSSR count). The van der Waals surface area contributed by atoms with Gasteiger partial charge in [-0.3, -0.25) is 4.79 Å². The van der Waals surface area contributed by atoms with E-state index in [-0.39, 0.29) is 11.9 Å². The molecule has 4 heteroatoms. The maximum Gasteiger partial charge on any atom is 0.161 e. The number of morpholine rings is 1. The second kappa shape index (κ2) is 4.61. The van der Waals surface area contributed by atoms with Gasteiger partial charge >= 0.3 is 0 Å². The average molecular weight is 220 g/mol. The van der Waals surface area contributed by atoms with E-state index in [2.05, 4.69) is 16.8 Å². The van der Waals surface area contributed by atoms with Crippen LogP contribution in [0.2, 0.25) is 0 Å². The molecule has 0 aliphatic carbocycles. The van der Waals surface area contributed by atoms with Crippen molar-refractivity contribution in [2.24, 2.45) is 0 Å². The molecule has 1 atom stereocenters. The zero-order chi connectivity index (χ0) is 11.5. The van der Waals surface area contributed by atoms with Gasteiger partial charge < -0.3 is 9.64 Å². The van der Waals surface area contributed by atoms with Crippen LogP contribution in [0.1, 0.15) is 24.2 Å². The molecule has 1 unspecified atom stereocenters. The van der Waals surface area contributed by atoms with Crippen LogP contribution >= 0.6 is 0 Å². The van der Waals surface area contributed by atoms with Crippen molar-refractivity contribution in [3.63, 3.8) is 0 Å². The van der Waals surface area contributed by atoms with Gasteiger partial charge in [0.2, 0.25) is 0 Å². The van der Waals surface area contributed by atoms with E-state index >= 15 is 0 Å². The number of nitrogens with zero attached hydrogens (tertiary/aromatic N) is 2. The van der Waals surface area contributed by atoms with Crippen molar-refractivity contribution in [3.8, 4) is 0 Å². The number of Topliss-reactive ketones (excluding diaryl/α,β-unsaturated/α-hetero) is 1. The zero-order valence-corrected chi connectivity index (χ0v) is 9.64. The molecule has 1 aromatic rings. The van der Waals surface area contributed by atoms with Crippen molar-refractivity contribution in [2.45, 2.75) is 20.0 Å². The molecule has 0 aromatic carbocycles. The number of anilines is 1. The fraction of sp³-hybridized carbons (Fsp3) is 0.500. The van der Waals surface area contributed by atoms with Crippen LogP contribution in [-0.4, -0.2) is 36.6 Å². The highest BCUT2D eigenvalue weighted by atomic mass is 16.5. The van der Waals surface area contributed by atoms with Crippen molar-refractivity contribution >= 4 is 11.6 Å². The van der Waals surface area contributed by atoms with E-state index < -0.39 is 0 Å². The quantitative estimate of drug-likeness (QED) is 0.708. The number of carbonyl (C=O) groups is 1. The smallest absolute Gasteiger partial charge is 0.161 e. The lowest BCUT2D eigenvalue weighted by molar-refractivity contribution is 0.0529. The second-order valence-corrected chi connectivity index (χ2v) is 4.09. The number of hydrogen-bond acceptors (Lipinski definition) is 4. The fourth-order valence-corrected chi connectivity index (χ4v) is 1.81. The van der Waals surface area contributed by atoms with E-state index in [1.54, 1.807) is 13.1 Å². The molecule has 4 nitrogen and oxygen atoms in total. The Kier molecular flexibility index (Phi) is 3.19. The molecule has 16 heavy (non-hydrogen) atoms. The Morgan fingerprint density at radius 2 is 2.38 bits per heavy atom. The Labute approximate surface area is 95.2 Å². The molecule has 1 aromatic heterocycles. The third kappa shape index (κ3) is 2.39. The summed E-state index contributed by atoms with van der Waals surface area (Å²) < 4.78 is 5.47. The van der Waals surface area contributed by atoms with E-state index in [0.717, 1.165) is 25.5 Å². The van der Waals surface area contributed by atoms with Gasteiger partial charge in [-0.25, -0.2) is 4.98 Å². The number of aromatic nitrogens is 1. The van der Waals surface area contributed by atoms with Crippen LogP contribution in [0.3, 0.4) is 0 Å². The molecular formula is C12H16N2O2. The number of pyridine rings is 1. The summed E-state index contributed by atoms with van der Waals surface area (Å²) in [6.07, 6.45) is 1.88. The topological polar surface area (TPSA) is 42.4 Å². The Morgan fingerprint density at radius 3 is 2.94 bits per heavy atom. The molecule has 0 bridgehead atoms. The predicted octanol–water partition coefficient (Wildman–Crippen LogP) is 1.51. The first-order valence-electron chi connectivity index (χ1n) is 5.50. The Hall–Kier alpha value is -1.42. The molecule has 0 saturated carbocycles. The van der Waals surface area contributed by atoms with Gasteiger partial charge in [0.25, 0.3) is 0 Å². The summed E-state index contributed by atoms with van der Waals surface area (Å²) in [6, 6.07) is 3.72. The Morgan fingerprint density at radius 1 is 1.56 bits per heavy atom. The van der Waals surface area contributed by atoms with Crippen LogP contribution in [0.25, 0.3) is 0 Å². The lowest BCUT2D eigenvalue weighted by atomic mass is 10.2. The van der Waals surface area contributed by atoms with Crippen LogP contribution < -0.4 is 4.90 Å². The summed E-state index contributed by atoms with van der Waals surface area (Å²) in [4.78, 5) is 17.6. The van der Waals surface area contributed by atoms with Crippen LogP contribution in [0.15, 0.2) is 18.3 Å². The molecule has 0 N–H and O–H groups in total. The molecule has 0 amide bonds. The number of carbonyl (C=O) groups excluding carboxylic acids is 1. The highest BCUT2D eigenvalue weighted by Crippen LogP contribution is 2.15. The van der Waals surface area contributed by atoms with Crippen LogP contribution in [0, 0.1) is 0 Å². The highest BCUT2D eigenvalue weighted by Gasteiger charge is 2.17. The standard InChI is InChI=1S/C12H16N2O2/c1-9-8-14(5-6-16-9)12-4-3-11(7-13-12)10(2)15/h3-4,7,9H,5-6,8H2,1-2H3. The SMILES string of the molecule is CC(=O)c1ccc(N2CCOC(C)C2)nc1. The van der Waals surface area contributed by atoms with E-state index in [4.69, 9.17) is 4.74 Å². The van der Waals surface area contributed by atoms with Gasteiger partial charge in [0.05, 0.1) is 12.7 Å². The lowest BCUT2D eigenvalue weighted by Crippen LogP contribution is -2.41. The van der Waals surface area contributed by atoms with Gasteiger partial charge in [0, 0.05) is 24.8 Å². The normalized spacial score (nSPS) is 20.9. The molecule has 1 saturated heterocycles. The summed E-state index contributed by atoms with van der Waals surface area (Å²) in [5, 5.41) is 0. The van der Waals surface area contributed by atoms with Crippen molar-refractivity contribution in [3.05, 3.63) is 23.9 Å². The molecule has 1 fully saturated rings. The van der Waals surface area contributed by atoms with Crippen molar-refractivity contribution in [1.29, 1.82) is 0 Å². The number of ether oxygens (including phenoxy) is 1. The summed E-state index contributed by atoms with van der Waals surface area (Å²) in [5.74, 6) is 0.967. The zero-order valence-electron chi connectivity index (χ0n) is 9.64. The van der Waals surface area contributed by atoms with E-state index in [0.29, 0.717) is 5.56 Å². The lowest BCUT2D eigenvalue weighted by Gasteiger charge is -2.31. The molecule has 0 radical (unpaired) electrons. The summed E-state index contributed by atoms with van der Waals surface area (Å²) >= 11 is 0. The summed E-state index contributed by atoms with van der Waals surface area (Å²) in [5.41, 5.74) is 0.657. The summed E-state index contributed by atoms with van der Waals surface area (Å²) in [7, 11) is 0. The van der Waals surface area contributed by atoms with Crippen molar-refractivity contribution in [2.75, 3.05) is 24.6 Å². The monoisotopic (exact) mass is 220 g/mol. The maximum atomic E-state index is 11.1. The van der Waals surface area contributed by atoms with Gasteiger partial charge in [0.15, 0.2) is 5.78 Å². The van der Waals surface area contributed by atoms with Gasteiger partial charge in [0.1, 0.15) is 5.82 Å². The predicted molar refractivity (Wildman–Crippen MR) is 61.9 cm³/mol. The third-order valence-electron chi connectivity index (χ3n) is 2.72. The molecular weight excluding hydrogens is 204 g/mol. The number of rotatable bonds is 2. The first kappa shape index (κ1) is 11.1. The largest absolute Gasteiger partial charge is 0.375 e. The number of ketones is 1. The third-order valence-corrected chi connectivity index (χ3v) is 2.72. The maximum absolute atomic E-state index is 11.1. The number of hydrogen-bond donors (Lipinski definition) is 0. The highest BCUT2D eigenvalue weighted by molar-refractivity contribution is 5.93. The summed E-state index contributed by atoms with van der Waals surface area (Å²) in [6.45, 7) is 6.05.